The molecule has 0 fully saturated rings. The molecule has 0 saturated carbocycles. The van der Waals surface area contributed by atoms with Crippen molar-refractivity contribution in [2.75, 3.05) is 0 Å². The summed E-state index contributed by atoms with van der Waals surface area (Å²) in [4.78, 5) is 2.69. The van der Waals surface area contributed by atoms with Gasteiger partial charge in [-0.25, -0.2) is 0 Å². The second-order valence-corrected chi connectivity index (χ2v) is 12.6. The topological polar surface area (TPSA) is 0 Å². The van der Waals surface area contributed by atoms with Crippen molar-refractivity contribution < 1.29 is 0 Å². The van der Waals surface area contributed by atoms with Crippen LogP contribution in [0.15, 0.2) is 155 Å². The van der Waals surface area contributed by atoms with Gasteiger partial charge in [0.1, 0.15) is 0 Å². The molecule has 1 aliphatic heterocycles. The van der Waals surface area contributed by atoms with Crippen LogP contribution >= 0.6 is 11.8 Å². The molecular weight excluding hydrogens is 525 g/mol. The minimum absolute atomic E-state index is 0.325. The zero-order chi connectivity index (χ0) is 27.4. The Labute approximate surface area is 249 Å². The van der Waals surface area contributed by atoms with Crippen molar-refractivity contribution in [1.82, 2.24) is 0 Å². The van der Waals surface area contributed by atoms with E-state index in [4.69, 9.17) is 0 Å². The third-order valence-electron chi connectivity index (χ3n) is 9.70. The molecule has 0 saturated heterocycles. The van der Waals surface area contributed by atoms with Crippen LogP contribution in [0, 0.1) is 0 Å². The van der Waals surface area contributed by atoms with E-state index < -0.39 is 0 Å². The summed E-state index contributed by atoms with van der Waals surface area (Å²) >= 11 is 1.92. The van der Waals surface area contributed by atoms with Crippen LogP contribution in [-0.4, -0.2) is 0 Å². The molecule has 7 aromatic rings. The van der Waals surface area contributed by atoms with Gasteiger partial charge in [-0.1, -0.05) is 145 Å². The van der Waals surface area contributed by atoms with Crippen LogP contribution in [0.2, 0.25) is 0 Å². The van der Waals surface area contributed by atoms with Crippen molar-refractivity contribution in [2.24, 2.45) is 0 Å². The summed E-state index contributed by atoms with van der Waals surface area (Å²) in [7, 11) is 0. The Morgan fingerprint density at radius 3 is 1.62 bits per heavy atom. The second-order valence-electron chi connectivity index (χ2n) is 11.6. The van der Waals surface area contributed by atoms with Crippen molar-refractivity contribution in [3.05, 3.63) is 168 Å². The normalized spacial score (nSPS) is 14.3. The van der Waals surface area contributed by atoms with E-state index in [0.29, 0.717) is 0 Å². The molecule has 0 nitrogen and oxygen atoms in total. The van der Waals surface area contributed by atoms with Crippen LogP contribution in [-0.2, 0) is 5.41 Å². The molecule has 42 heavy (non-hydrogen) atoms. The first-order valence-corrected chi connectivity index (χ1v) is 15.4. The molecule has 2 aliphatic carbocycles. The molecule has 0 N–H and O–H groups in total. The summed E-state index contributed by atoms with van der Waals surface area (Å²) < 4.78 is 0. The van der Waals surface area contributed by atoms with Crippen molar-refractivity contribution in [3.8, 4) is 44.5 Å². The van der Waals surface area contributed by atoms with E-state index in [1.54, 1.807) is 0 Å². The van der Waals surface area contributed by atoms with Gasteiger partial charge >= 0.3 is 0 Å². The molecule has 7 aromatic carbocycles. The summed E-state index contributed by atoms with van der Waals surface area (Å²) in [6.07, 6.45) is 0. The summed E-state index contributed by atoms with van der Waals surface area (Å²) in [5, 5.41) is 2.67. The van der Waals surface area contributed by atoms with Gasteiger partial charge in [0.25, 0.3) is 0 Å². The standard InChI is InChI=1S/C41H24S/c1-5-16-34-28(11-1)29-12-2-6-17-35(29)41(34)36-18-7-3-13-30(36)31-23-21-26(24-37(31)41)27-22-20-25-10-9-15-33-32-14-4-8-19-38(32)42-40(27)39(25)33/h1-24H. The van der Waals surface area contributed by atoms with Gasteiger partial charge in [0.15, 0.2) is 0 Å². The van der Waals surface area contributed by atoms with E-state index >= 15 is 0 Å². The van der Waals surface area contributed by atoms with Crippen molar-refractivity contribution in [1.29, 1.82) is 0 Å². The molecule has 0 amide bonds. The maximum atomic E-state index is 2.51. The number of hydrogen-bond donors (Lipinski definition) is 0. The molecule has 0 bridgehead atoms. The Kier molecular flexibility index (Phi) is 4.41. The molecular formula is C41H24S. The molecule has 1 heteroatoms. The van der Waals surface area contributed by atoms with E-state index in [1.807, 2.05) is 11.8 Å². The monoisotopic (exact) mass is 548 g/mol. The third-order valence-corrected chi connectivity index (χ3v) is 10.9. The molecule has 0 unspecified atom stereocenters. The number of fused-ring (bicyclic) bond motifs is 12. The first kappa shape index (κ1) is 22.8. The average Bonchev–Trinajstić information content (AvgIpc) is 3.52. The van der Waals surface area contributed by atoms with Crippen LogP contribution in [0.25, 0.3) is 55.3 Å². The van der Waals surface area contributed by atoms with Crippen molar-refractivity contribution in [3.63, 3.8) is 0 Å². The van der Waals surface area contributed by atoms with E-state index in [2.05, 4.69) is 146 Å². The Bertz CT molecular complexity index is 2230. The summed E-state index contributed by atoms with van der Waals surface area (Å²) in [5.41, 5.74) is 15.9. The minimum atomic E-state index is -0.325. The number of benzene rings is 7. The summed E-state index contributed by atoms with van der Waals surface area (Å²) in [6, 6.07) is 54.6. The zero-order valence-electron chi connectivity index (χ0n) is 22.8. The molecule has 0 radical (unpaired) electrons. The highest BCUT2D eigenvalue weighted by molar-refractivity contribution is 8.00. The predicted octanol–water partition coefficient (Wildman–Crippen LogP) is 11.0. The smallest absolute Gasteiger partial charge is 0.0725 e. The Balaban J connectivity index is 1.29. The lowest BCUT2D eigenvalue weighted by molar-refractivity contribution is 0.794. The van der Waals surface area contributed by atoms with Crippen molar-refractivity contribution >= 4 is 22.5 Å². The van der Waals surface area contributed by atoms with Gasteiger partial charge in [0, 0.05) is 15.2 Å². The van der Waals surface area contributed by atoms with Crippen molar-refractivity contribution in [2.45, 2.75) is 15.2 Å². The molecule has 1 heterocycles. The van der Waals surface area contributed by atoms with Gasteiger partial charge in [-0.05, 0) is 84.3 Å². The zero-order valence-corrected chi connectivity index (χ0v) is 23.6. The lowest BCUT2D eigenvalue weighted by Gasteiger charge is -2.31. The molecule has 194 valence electrons. The van der Waals surface area contributed by atoms with Gasteiger partial charge in [-0.3, -0.25) is 0 Å². The molecule has 0 atom stereocenters. The van der Waals surface area contributed by atoms with Crippen LogP contribution in [0.5, 0.6) is 0 Å². The lowest BCUT2D eigenvalue weighted by Crippen LogP contribution is -2.25. The van der Waals surface area contributed by atoms with E-state index in [0.717, 1.165) is 0 Å². The number of rotatable bonds is 1. The SMILES string of the molecule is c1ccc2c(c1)Sc1c(-c3ccc4c(c3)C3(c5ccccc5-c5ccccc53)c3ccccc3-4)ccc3cccc-2c13. The van der Waals surface area contributed by atoms with E-state index in [-0.39, 0.29) is 5.41 Å². The first-order valence-electron chi connectivity index (χ1n) is 14.6. The Morgan fingerprint density at radius 1 is 0.381 bits per heavy atom. The minimum Gasteiger partial charge on any atom is -0.0881 e. The van der Waals surface area contributed by atoms with Crippen LogP contribution in [0.4, 0.5) is 0 Å². The lowest BCUT2D eigenvalue weighted by atomic mass is 9.70. The third kappa shape index (κ3) is 2.70. The fourth-order valence-electron chi connectivity index (χ4n) is 8.05. The molecule has 10 rings (SSSR count). The van der Waals surface area contributed by atoms with Gasteiger partial charge < -0.3 is 0 Å². The fraction of sp³-hybridized carbons (Fsp3) is 0.0244. The van der Waals surface area contributed by atoms with Crippen LogP contribution < -0.4 is 0 Å². The van der Waals surface area contributed by atoms with Crippen LogP contribution in [0.1, 0.15) is 22.3 Å². The van der Waals surface area contributed by atoms with Crippen LogP contribution in [0.3, 0.4) is 0 Å². The fourth-order valence-corrected chi connectivity index (χ4v) is 9.33. The molecule has 0 aromatic heterocycles. The average molecular weight is 549 g/mol. The maximum Gasteiger partial charge on any atom is 0.0725 e. The highest BCUT2D eigenvalue weighted by Gasteiger charge is 2.51. The largest absolute Gasteiger partial charge is 0.0881 e. The van der Waals surface area contributed by atoms with Gasteiger partial charge in [0.05, 0.1) is 5.41 Å². The summed E-state index contributed by atoms with van der Waals surface area (Å²) in [6.45, 7) is 0. The highest BCUT2D eigenvalue weighted by Crippen LogP contribution is 2.63. The van der Waals surface area contributed by atoms with Gasteiger partial charge in [0.2, 0.25) is 0 Å². The molecule has 3 aliphatic rings. The van der Waals surface area contributed by atoms with Gasteiger partial charge in [-0.15, -0.1) is 0 Å². The maximum absolute atomic E-state index is 2.51. The highest BCUT2D eigenvalue weighted by atomic mass is 32.2. The Morgan fingerprint density at radius 2 is 0.929 bits per heavy atom. The first-order chi connectivity index (χ1) is 20.8. The van der Waals surface area contributed by atoms with Gasteiger partial charge in [-0.2, -0.15) is 0 Å². The van der Waals surface area contributed by atoms with E-state index in [9.17, 15) is 0 Å². The quantitative estimate of drug-likeness (QED) is 0.197. The van der Waals surface area contributed by atoms with E-state index in [1.165, 1.54) is 87.3 Å². The number of hydrogen-bond acceptors (Lipinski definition) is 1. The molecule has 1 spiro atoms. The summed E-state index contributed by atoms with van der Waals surface area (Å²) in [5.74, 6) is 0. The Hall–Kier alpha value is -4.85. The predicted molar refractivity (Wildman–Crippen MR) is 175 cm³/mol. The second kappa shape index (κ2) is 8.12.